The normalized spacial score (nSPS) is 9.95. The quantitative estimate of drug-likeness (QED) is 0.368. The molecule has 9 heteroatoms. The molecule has 0 spiro atoms. The number of nitro benzene ring substituents is 1. The Bertz CT molecular complexity index is 704. The van der Waals surface area contributed by atoms with Gasteiger partial charge in [-0.1, -0.05) is 0 Å². The lowest BCUT2D eigenvalue weighted by Crippen LogP contribution is -2.13. The summed E-state index contributed by atoms with van der Waals surface area (Å²) >= 11 is 0. The minimum absolute atomic E-state index is 0.0113. The van der Waals surface area contributed by atoms with Gasteiger partial charge in [0.25, 0.3) is 5.69 Å². The van der Waals surface area contributed by atoms with E-state index >= 15 is 0 Å². The fourth-order valence-electron chi connectivity index (χ4n) is 1.56. The first-order valence-electron chi connectivity index (χ1n) is 5.69. The molecule has 0 saturated carbocycles. The van der Waals surface area contributed by atoms with E-state index in [1.807, 2.05) is 0 Å². The molecule has 0 aliphatic heterocycles. The number of ether oxygens (including phenoxy) is 2. The maximum absolute atomic E-state index is 10.7. The molecule has 0 aliphatic rings. The Morgan fingerprint density at radius 1 is 1.38 bits per heavy atom. The van der Waals surface area contributed by atoms with Crippen molar-refractivity contribution >= 4 is 11.5 Å². The van der Waals surface area contributed by atoms with E-state index < -0.39 is 4.92 Å². The Balaban J connectivity index is 2.40. The number of rotatable bonds is 5. The van der Waals surface area contributed by atoms with E-state index in [1.165, 1.54) is 37.6 Å². The predicted molar refractivity (Wildman–Crippen MR) is 72.8 cm³/mol. The van der Waals surface area contributed by atoms with E-state index in [0.29, 0.717) is 0 Å². The molecule has 0 atom stereocenters. The minimum Gasteiger partial charge on any atom is -0.493 e. The van der Waals surface area contributed by atoms with Crippen LogP contribution in [-0.4, -0.2) is 28.1 Å². The highest BCUT2D eigenvalue weighted by Crippen LogP contribution is 2.34. The highest BCUT2D eigenvalue weighted by atomic mass is 16.6. The van der Waals surface area contributed by atoms with Crippen LogP contribution in [0.5, 0.6) is 17.4 Å². The lowest BCUT2D eigenvalue weighted by atomic mass is 10.2. The molecule has 21 heavy (non-hydrogen) atoms. The van der Waals surface area contributed by atoms with Gasteiger partial charge in [-0.3, -0.25) is 15.5 Å². The highest BCUT2D eigenvalue weighted by Gasteiger charge is 2.16. The molecule has 108 valence electrons. The van der Waals surface area contributed by atoms with Crippen molar-refractivity contribution in [2.45, 2.75) is 0 Å². The summed E-state index contributed by atoms with van der Waals surface area (Å²) in [5, 5.41) is 25.6. The van der Waals surface area contributed by atoms with Crippen molar-refractivity contribution in [2.24, 2.45) is 5.73 Å². The summed E-state index contributed by atoms with van der Waals surface area (Å²) in [6.07, 6.45) is 1.37. The van der Waals surface area contributed by atoms with Crippen molar-refractivity contribution in [3.05, 3.63) is 46.1 Å². The van der Waals surface area contributed by atoms with E-state index in [-0.39, 0.29) is 34.5 Å². The van der Waals surface area contributed by atoms with Gasteiger partial charge >= 0.3 is 0 Å². The summed E-state index contributed by atoms with van der Waals surface area (Å²) in [7, 11) is 1.36. The van der Waals surface area contributed by atoms with Gasteiger partial charge in [0.2, 0.25) is 5.88 Å². The van der Waals surface area contributed by atoms with E-state index in [2.05, 4.69) is 10.2 Å². The summed E-state index contributed by atoms with van der Waals surface area (Å²) in [5.41, 5.74) is 5.54. The second-order valence-electron chi connectivity index (χ2n) is 3.86. The van der Waals surface area contributed by atoms with Crippen molar-refractivity contribution in [2.75, 3.05) is 7.11 Å². The number of nitrogens with two attached hydrogens (primary N) is 1. The Morgan fingerprint density at radius 2 is 2.14 bits per heavy atom. The lowest BCUT2D eigenvalue weighted by Gasteiger charge is -2.11. The van der Waals surface area contributed by atoms with Crippen LogP contribution in [0.3, 0.4) is 0 Å². The van der Waals surface area contributed by atoms with Gasteiger partial charge in [-0.2, -0.15) is 5.10 Å². The SMILES string of the molecule is COc1cc([N+](=O)[O-])ccc1Oc1nnccc1C(=N)N. The summed E-state index contributed by atoms with van der Waals surface area (Å²) in [6.45, 7) is 0. The number of hydrogen-bond donors (Lipinski definition) is 2. The first kappa shape index (κ1) is 14.2. The smallest absolute Gasteiger partial charge is 0.273 e. The number of non-ortho nitro benzene ring substituents is 1. The third-order valence-electron chi connectivity index (χ3n) is 2.54. The van der Waals surface area contributed by atoms with Gasteiger partial charge in [-0.25, -0.2) is 0 Å². The number of aromatic nitrogens is 2. The maximum Gasteiger partial charge on any atom is 0.273 e. The lowest BCUT2D eigenvalue weighted by molar-refractivity contribution is -0.384. The average molecular weight is 289 g/mol. The Morgan fingerprint density at radius 3 is 2.76 bits per heavy atom. The van der Waals surface area contributed by atoms with E-state index in [9.17, 15) is 10.1 Å². The maximum atomic E-state index is 10.7. The molecular weight excluding hydrogens is 278 g/mol. The number of nitrogen functional groups attached to an aromatic ring is 1. The standard InChI is InChI=1S/C12H11N5O4/c1-20-10-6-7(17(18)19)2-3-9(10)21-12-8(11(13)14)4-5-15-16-12/h2-6H,1H3,(H3,13,14). The molecule has 2 aromatic rings. The van der Waals surface area contributed by atoms with Crippen LogP contribution >= 0.6 is 0 Å². The average Bonchev–Trinajstić information content (AvgIpc) is 2.47. The molecule has 0 saturated heterocycles. The molecule has 1 aromatic heterocycles. The van der Waals surface area contributed by atoms with E-state index in [0.717, 1.165) is 0 Å². The van der Waals surface area contributed by atoms with Crippen LogP contribution in [-0.2, 0) is 0 Å². The molecule has 0 radical (unpaired) electrons. The number of nitrogens with zero attached hydrogens (tertiary/aromatic N) is 3. The Hall–Kier alpha value is -3.23. The van der Waals surface area contributed by atoms with Crippen LogP contribution in [0.15, 0.2) is 30.5 Å². The largest absolute Gasteiger partial charge is 0.493 e. The Kier molecular flexibility index (Phi) is 3.93. The number of amidine groups is 1. The molecule has 0 amide bonds. The Labute approximate surface area is 119 Å². The van der Waals surface area contributed by atoms with Crippen LogP contribution in [0.4, 0.5) is 5.69 Å². The monoisotopic (exact) mass is 289 g/mol. The van der Waals surface area contributed by atoms with Gasteiger partial charge in [0.15, 0.2) is 11.5 Å². The second-order valence-corrected chi connectivity index (χ2v) is 3.86. The number of benzene rings is 1. The number of nitrogens with one attached hydrogen (secondary N) is 1. The first-order valence-corrected chi connectivity index (χ1v) is 5.69. The summed E-state index contributed by atoms with van der Waals surface area (Å²) in [6, 6.07) is 5.33. The molecule has 3 N–H and O–H groups in total. The molecule has 9 nitrogen and oxygen atoms in total. The van der Waals surface area contributed by atoms with Gasteiger partial charge in [0.05, 0.1) is 29.9 Å². The fraction of sp³-hybridized carbons (Fsp3) is 0.0833. The molecule has 0 fully saturated rings. The molecular formula is C12H11N5O4. The molecule has 2 rings (SSSR count). The van der Waals surface area contributed by atoms with Crippen LogP contribution < -0.4 is 15.2 Å². The van der Waals surface area contributed by atoms with Crippen molar-refractivity contribution in [1.29, 1.82) is 5.41 Å². The van der Waals surface area contributed by atoms with Crippen molar-refractivity contribution in [3.8, 4) is 17.4 Å². The van der Waals surface area contributed by atoms with Crippen molar-refractivity contribution in [1.82, 2.24) is 10.2 Å². The van der Waals surface area contributed by atoms with Gasteiger partial charge in [0.1, 0.15) is 5.84 Å². The van der Waals surface area contributed by atoms with E-state index in [4.69, 9.17) is 20.6 Å². The zero-order valence-corrected chi connectivity index (χ0v) is 10.9. The zero-order chi connectivity index (χ0) is 15.4. The molecule has 1 aromatic carbocycles. The summed E-state index contributed by atoms with van der Waals surface area (Å²) < 4.78 is 10.5. The van der Waals surface area contributed by atoms with Crippen molar-refractivity contribution < 1.29 is 14.4 Å². The van der Waals surface area contributed by atoms with E-state index in [1.54, 1.807) is 0 Å². The van der Waals surface area contributed by atoms with Gasteiger partial charge in [-0.15, -0.1) is 5.10 Å². The predicted octanol–water partition coefficient (Wildman–Crippen LogP) is 1.47. The highest BCUT2D eigenvalue weighted by molar-refractivity contribution is 5.97. The zero-order valence-electron chi connectivity index (χ0n) is 10.9. The fourth-order valence-corrected chi connectivity index (χ4v) is 1.56. The molecule has 0 aliphatic carbocycles. The summed E-state index contributed by atoms with van der Waals surface area (Å²) in [5.74, 6) is 0.133. The van der Waals surface area contributed by atoms with Gasteiger partial charge < -0.3 is 15.2 Å². The first-order chi connectivity index (χ1) is 10.0. The number of methoxy groups -OCH3 is 1. The van der Waals surface area contributed by atoms with Gasteiger partial charge in [0, 0.05) is 6.07 Å². The third kappa shape index (κ3) is 3.03. The topological polar surface area (TPSA) is 137 Å². The summed E-state index contributed by atoms with van der Waals surface area (Å²) in [4.78, 5) is 10.2. The minimum atomic E-state index is -0.546. The molecule has 1 heterocycles. The number of nitro groups is 1. The van der Waals surface area contributed by atoms with Gasteiger partial charge in [-0.05, 0) is 12.1 Å². The second kappa shape index (κ2) is 5.82. The molecule has 0 unspecified atom stereocenters. The van der Waals surface area contributed by atoms with Crippen LogP contribution in [0, 0.1) is 15.5 Å². The van der Waals surface area contributed by atoms with Crippen LogP contribution in [0.1, 0.15) is 5.56 Å². The number of hydrogen-bond acceptors (Lipinski definition) is 7. The molecule has 0 bridgehead atoms. The third-order valence-corrected chi connectivity index (χ3v) is 2.54. The van der Waals surface area contributed by atoms with Crippen LogP contribution in [0.2, 0.25) is 0 Å². The van der Waals surface area contributed by atoms with Crippen molar-refractivity contribution in [3.63, 3.8) is 0 Å². The van der Waals surface area contributed by atoms with Crippen LogP contribution in [0.25, 0.3) is 0 Å².